The van der Waals surface area contributed by atoms with Crippen LogP contribution in [0.25, 0.3) is 0 Å². The van der Waals surface area contributed by atoms with E-state index < -0.39 is 44.0 Å². The van der Waals surface area contributed by atoms with Gasteiger partial charge in [0.2, 0.25) is 0 Å². The Labute approximate surface area is 246 Å². The van der Waals surface area contributed by atoms with E-state index in [-0.39, 0.29) is 17.9 Å². The first-order valence-electron chi connectivity index (χ1n) is 14.1. The highest BCUT2D eigenvalue weighted by molar-refractivity contribution is 6.74. The van der Waals surface area contributed by atoms with Crippen LogP contribution in [0.15, 0.2) is 48.5 Å². The Morgan fingerprint density at radius 3 is 2.07 bits per heavy atom. The summed E-state index contributed by atoms with van der Waals surface area (Å²) in [4.78, 5) is 25.8. The molecule has 2 N–H and O–H groups in total. The highest BCUT2D eigenvalue weighted by Crippen LogP contribution is 2.39. The predicted molar refractivity (Wildman–Crippen MR) is 164 cm³/mol. The Hall–Kier alpha value is -3.04. The minimum absolute atomic E-state index is 0.133. The first-order chi connectivity index (χ1) is 19.0. The lowest BCUT2D eigenvalue weighted by Crippen LogP contribution is -2.54. The Kier molecular flexibility index (Phi) is 11.9. The van der Waals surface area contributed by atoms with Crippen molar-refractivity contribution in [3.05, 3.63) is 59.7 Å². The lowest BCUT2D eigenvalue weighted by atomic mass is 9.89. The van der Waals surface area contributed by atoms with E-state index in [0.29, 0.717) is 17.9 Å². The SMILES string of the molecule is COc1ccc(CC(CC(O[Si](C)(C)C(C)(C)C)C(Cc2ccccc2)NC(=O)OC(C)(C)C)C(=O)O)c(OC)c1. The fourth-order valence-electron chi connectivity index (χ4n) is 4.29. The van der Waals surface area contributed by atoms with Gasteiger partial charge in [-0.2, -0.15) is 0 Å². The zero-order valence-electron chi connectivity index (χ0n) is 26.4. The van der Waals surface area contributed by atoms with E-state index in [0.717, 1.165) is 11.1 Å². The molecule has 1 amide bonds. The Balaban J connectivity index is 2.53. The lowest BCUT2D eigenvalue weighted by Gasteiger charge is -2.42. The number of carbonyl (C=O) groups is 2. The van der Waals surface area contributed by atoms with Gasteiger partial charge in [-0.25, -0.2) is 4.79 Å². The van der Waals surface area contributed by atoms with Crippen molar-refractivity contribution in [3.63, 3.8) is 0 Å². The van der Waals surface area contributed by atoms with Gasteiger partial charge >= 0.3 is 12.1 Å². The van der Waals surface area contributed by atoms with Gasteiger partial charge in [-0.3, -0.25) is 4.79 Å². The van der Waals surface area contributed by atoms with Crippen molar-refractivity contribution in [1.29, 1.82) is 0 Å². The zero-order valence-corrected chi connectivity index (χ0v) is 27.4. The van der Waals surface area contributed by atoms with Crippen LogP contribution in [-0.4, -0.2) is 57.5 Å². The quantitative estimate of drug-likeness (QED) is 0.247. The Morgan fingerprint density at radius 1 is 0.927 bits per heavy atom. The first kappa shape index (κ1) is 34.2. The Morgan fingerprint density at radius 2 is 1.56 bits per heavy atom. The number of rotatable bonds is 13. The molecule has 0 saturated heterocycles. The molecule has 41 heavy (non-hydrogen) atoms. The van der Waals surface area contributed by atoms with Crippen LogP contribution in [0.1, 0.15) is 59.1 Å². The number of benzene rings is 2. The van der Waals surface area contributed by atoms with Crippen molar-refractivity contribution >= 4 is 20.4 Å². The summed E-state index contributed by atoms with van der Waals surface area (Å²) in [6.07, 6.45) is -0.286. The van der Waals surface area contributed by atoms with Crippen LogP contribution in [0, 0.1) is 5.92 Å². The normalized spacial score (nSPS) is 14.5. The number of carboxylic acids is 1. The summed E-state index contributed by atoms with van der Waals surface area (Å²) < 4.78 is 23.4. The molecule has 3 atom stereocenters. The first-order valence-corrected chi connectivity index (χ1v) is 17.0. The number of hydrogen-bond acceptors (Lipinski definition) is 6. The molecule has 8 nitrogen and oxygen atoms in total. The zero-order chi connectivity index (χ0) is 31.0. The largest absolute Gasteiger partial charge is 0.497 e. The third-order valence-corrected chi connectivity index (χ3v) is 12.0. The average molecular weight is 588 g/mol. The maximum absolute atomic E-state index is 13.1. The van der Waals surface area contributed by atoms with E-state index in [1.807, 2.05) is 57.2 Å². The number of carbonyl (C=O) groups excluding carboxylic acids is 1. The maximum Gasteiger partial charge on any atom is 0.407 e. The molecule has 0 aliphatic rings. The molecule has 3 unspecified atom stereocenters. The van der Waals surface area contributed by atoms with Crippen molar-refractivity contribution in [1.82, 2.24) is 5.32 Å². The summed E-state index contributed by atoms with van der Waals surface area (Å²) in [6.45, 7) is 16.1. The van der Waals surface area contributed by atoms with Crippen molar-refractivity contribution < 1.29 is 33.3 Å². The van der Waals surface area contributed by atoms with Crippen LogP contribution in [0.3, 0.4) is 0 Å². The van der Waals surface area contributed by atoms with Gasteiger partial charge in [-0.15, -0.1) is 0 Å². The summed E-state index contributed by atoms with van der Waals surface area (Å²) in [5.41, 5.74) is 1.07. The van der Waals surface area contributed by atoms with Crippen LogP contribution in [0.4, 0.5) is 4.79 Å². The van der Waals surface area contributed by atoms with Gasteiger partial charge in [0.15, 0.2) is 8.32 Å². The molecule has 0 spiro atoms. The van der Waals surface area contributed by atoms with Crippen molar-refractivity contribution in [2.45, 2.75) is 96.7 Å². The summed E-state index contributed by atoms with van der Waals surface area (Å²) in [5, 5.41) is 13.3. The minimum atomic E-state index is -2.40. The van der Waals surface area contributed by atoms with Gasteiger partial charge in [0.05, 0.1) is 32.3 Å². The molecule has 9 heteroatoms. The van der Waals surface area contributed by atoms with Gasteiger partial charge in [0.1, 0.15) is 17.1 Å². The second-order valence-electron chi connectivity index (χ2n) is 13.0. The maximum atomic E-state index is 13.1. The molecule has 0 bridgehead atoms. The van der Waals surface area contributed by atoms with Crippen molar-refractivity contribution in [3.8, 4) is 11.5 Å². The predicted octanol–water partition coefficient (Wildman–Crippen LogP) is 6.86. The van der Waals surface area contributed by atoms with Crippen molar-refractivity contribution in [2.75, 3.05) is 14.2 Å². The number of aliphatic carboxylic acids is 1. The summed E-state index contributed by atoms with van der Waals surface area (Å²) in [5.74, 6) is -0.556. The molecule has 2 aromatic carbocycles. The number of amides is 1. The van der Waals surface area contributed by atoms with Gasteiger partial charge in [-0.05, 0) is 75.4 Å². The van der Waals surface area contributed by atoms with E-state index in [1.165, 1.54) is 0 Å². The molecule has 0 fully saturated rings. The van der Waals surface area contributed by atoms with Gasteiger partial charge in [0.25, 0.3) is 0 Å². The molecule has 0 heterocycles. The standard InChI is InChI=1S/C32H49NO7Si/c1-31(2,3)39-30(36)33-26(18-22-14-12-11-13-15-22)28(40-41(9,10)32(4,5)6)20-24(29(34)35)19-23-16-17-25(37-7)21-27(23)38-8/h11-17,21,24,26,28H,18-20H2,1-10H3,(H,33,36)(H,34,35). The van der Waals surface area contributed by atoms with E-state index in [2.05, 4.69) is 39.2 Å². The highest BCUT2D eigenvalue weighted by Gasteiger charge is 2.42. The highest BCUT2D eigenvalue weighted by atomic mass is 28.4. The topological polar surface area (TPSA) is 103 Å². The van der Waals surface area contributed by atoms with Crippen LogP contribution in [-0.2, 0) is 26.8 Å². The molecule has 0 aromatic heterocycles. The molecule has 0 saturated carbocycles. The van der Waals surface area contributed by atoms with Gasteiger partial charge in [0, 0.05) is 6.07 Å². The molecular weight excluding hydrogens is 538 g/mol. The van der Waals surface area contributed by atoms with Gasteiger partial charge in [-0.1, -0.05) is 57.2 Å². The second-order valence-corrected chi connectivity index (χ2v) is 17.8. The van der Waals surface area contributed by atoms with Crippen LogP contribution in [0.5, 0.6) is 11.5 Å². The molecule has 228 valence electrons. The van der Waals surface area contributed by atoms with Crippen LogP contribution in [0.2, 0.25) is 18.1 Å². The smallest absolute Gasteiger partial charge is 0.407 e. The second kappa shape index (κ2) is 14.2. The number of nitrogens with one attached hydrogen (secondary N) is 1. The fraction of sp³-hybridized carbons (Fsp3) is 0.562. The molecule has 2 aromatic rings. The number of carboxylic acid groups (broad SMARTS) is 1. The monoisotopic (exact) mass is 587 g/mol. The third kappa shape index (κ3) is 10.7. The molecule has 2 rings (SSSR count). The molecule has 0 aliphatic carbocycles. The van der Waals surface area contributed by atoms with E-state index in [4.69, 9.17) is 18.6 Å². The van der Waals surface area contributed by atoms with Gasteiger partial charge < -0.3 is 29.1 Å². The van der Waals surface area contributed by atoms with Crippen molar-refractivity contribution in [2.24, 2.45) is 5.92 Å². The summed E-state index contributed by atoms with van der Waals surface area (Å²) in [7, 11) is 0.729. The summed E-state index contributed by atoms with van der Waals surface area (Å²) >= 11 is 0. The van der Waals surface area contributed by atoms with Crippen LogP contribution >= 0.6 is 0 Å². The lowest BCUT2D eigenvalue weighted by molar-refractivity contribution is -0.142. The number of ether oxygens (including phenoxy) is 3. The number of methoxy groups -OCH3 is 2. The minimum Gasteiger partial charge on any atom is -0.497 e. The molecule has 0 aliphatic heterocycles. The van der Waals surface area contributed by atoms with E-state index in [9.17, 15) is 14.7 Å². The number of alkyl carbamates (subject to hydrolysis) is 1. The third-order valence-electron chi connectivity index (χ3n) is 7.53. The summed E-state index contributed by atoms with van der Waals surface area (Å²) in [6, 6.07) is 14.7. The fourth-order valence-corrected chi connectivity index (χ4v) is 5.66. The van der Waals surface area contributed by atoms with Crippen LogP contribution < -0.4 is 14.8 Å². The molecule has 0 radical (unpaired) electrons. The average Bonchev–Trinajstić information content (AvgIpc) is 2.86. The number of hydrogen-bond donors (Lipinski definition) is 2. The molecular formula is C32H49NO7Si. The van der Waals surface area contributed by atoms with E-state index >= 15 is 0 Å². The Bertz CT molecular complexity index is 1140. The van der Waals surface area contributed by atoms with E-state index in [1.54, 1.807) is 26.4 Å².